The van der Waals surface area contributed by atoms with Crippen LogP contribution in [0.4, 0.5) is 0 Å². The van der Waals surface area contributed by atoms with E-state index in [4.69, 9.17) is 10.1 Å². The molecule has 1 fully saturated rings. The number of nitrogens with zero attached hydrogens (tertiary/aromatic N) is 4. The number of carboxylic acids is 1. The lowest BCUT2D eigenvalue weighted by atomic mass is 9.86. The molecule has 0 saturated heterocycles. The molecule has 0 unspecified atom stereocenters. The van der Waals surface area contributed by atoms with Gasteiger partial charge in [0.2, 0.25) is 0 Å². The van der Waals surface area contributed by atoms with Crippen LogP contribution < -0.4 is 0 Å². The summed E-state index contributed by atoms with van der Waals surface area (Å²) in [4.78, 5) is 20.4. The molecule has 4 rings (SSSR count). The summed E-state index contributed by atoms with van der Waals surface area (Å²) in [6.45, 7) is 2.88. The maximum atomic E-state index is 11.5. The molecule has 0 bridgehead atoms. The largest absolute Gasteiger partial charge is 0.478 e. The van der Waals surface area contributed by atoms with Gasteiger partial charge in [0.25, 0.3) is 0 Å². The molecular formula is C27H34N4O2. The smallest absolute Gasteiger partial charge is 0.337 e. The minimum Gasteiger partial charge on any atom is -0.478 e. The van der Waals surface area contributed by atoms with Crippen molar-refractivity contribution in [2.45, 2.75) is 77.7 Å². The van der Waals surface area contributed by atoms with E-state index in [0.29, 0.717) is 12.1 Å². The van der Waals surface area contributed by atoms with Crippen LogP contribution in [0.2, 0.25) is 0 Å². The maximum Gasteiger partial charge on any atom is 0.337 e. The summed E-state index contributed by atoms with van der Waals surface area (Å²) in [6.07, 6.45) is 15.2. The molecule has 2 aromatic heterocycles. The van der Waals surface area contributed by atoms with E-state index in [0.717, 1.165) is 54.4 Å². The number of carbonyl (C=O) groups is 1. The number of hydrogen-bond donors (Lipinski definition) is 1. The van der Waals surface area contributed by atoms with E-state index in [-0.39, 0.29) is 5.56 Å². The molecule has 1 N–H and O–H groups in total. The maximum absolute atomic E-state index is 11.5. The monoisotopic (exact) mass is 446 g/mol. The van der Waals surface area contributed by atoms with Gasteiger partial charge in [0.15, 0.2) is 5.82 Å². The van der Waals surface area contributed by atoms with Crippen LogP contribution in [-0.2, 0) is 19.4 Å². The number of benzene rings is 1. The molecule has 1 aliphatic rings. The Labute approximate surface area is 196 Å². The minimum absolute atomic E-state index is 0.214. The number of unbranched alkanes of at least 4 members (excludes halogenated alkanes) is 1. The first-order valence-electron chi connectivity index (χ1n) is 12.3. The van der Waals surface area contributed by atoms with E-state index in [1.165, 1.54) is 44.7 Å². The van der Waals surface area contributed by atoms with Gasteiger partial charge >= 0.3 is 5.97 Å². The average Bonchev–Trinajstić information content (AvgIpc) is 3.24. The lowest BCUT2D eigenvalue weighted by Gasteiger charge is -2.20. The van der Waals surface area contributed by atoms with Crippen molar-refractivity contribution in [3.63, 3.8) is 0 Å². The van der Waals surface area contributed by atoms with Crippen LogP contribution in [0.15, 0.2) is 42.7 Å². The second-order valence-corrected chi connectivity index (χ2v) is 9.17. The van der Waals surface area contributed by atoms with Crippen molar-refractivity contribution in [2.24, 2.45) is 5.92 Å². The molecule has 174 valence electrons. The second-order valence-electron chi connectivity index (χ2n) is 9.17. The molecule has 6 nitrogen and oxygen atoms in total. The third-order valence-corrected chi connectivity index (χ3v) is 6.70. The van der Waals surface area contributed by atoms with Gasteiger partial charge in [0.05, 0.1) is 12.1 Å². The second kappa shape index (κ2) is 11.2. The first-order chi connectivity index (χ1) is 16.1. The van der Waals surface area contributed by atoms with Gasteiger partial charge in [-0.05, 0) is 41.5 Å². The highest BCUT2D eigenvalue weighted by atomic mass is 16.4. The fraction of sp³-hybridized carbons (Fsp3) is 0.481. The molecule has 6 heteroatoms. The zero-order valence-electron chi connectivity index (χ0n) is 19.5. The third kappa shape index (κ3) is 6.06. The van der Waals surface area contributed by atoms with Crippen molar-refractivity contribution in [3.8, 4) is 11.1 Å². The molecule has 0 aliphatic heterocycles. The lowest BCUT2D eigenvalue weighted by molar-refractivity contribution is 0.0697. The third-order valence-electron chi connectivity index (χ3n) is 6.70. The van der Waals surface area contributed by atoms with E-state index in [1.54, 1.807) is 12.3 Å². The highest BCUT2D eigenvalue weighted by Gasteiger charge is 2.16. The Morgan fingerprint density at radius 3 is 2.61 bits per heavy atom. The van der Waals surface area contributed by atoms with Crippen LogP contribution >= 0.6 is 0 Å². The molecule has 33 heavy (non-hydrogen) atoms. The van der Waals surface area contributed by atoms with Crippen LogP contribution in [0.5, 0.6) is 0 Å². The van der Waals surface area contributed by atoms with Gasteiger partial charge < -0.3 is 5.11 Å². The van der Waals surface area contributed by atoms with Gasteiger partial charge in [-0.25, -0.2) is 14.5 Å². The van der Waals surface area contributed by atoms with Crippen molar-refractivity contribution in [1.29, 1.82) is 0 Å². The topological polar surface area (TPSA) is 80.9 Å². The van der Waals surface area contributed by atoms with Crippen molar-refractivity contribution in [2.75, 3.05) is 0 Å². The Balaban J connectivity index is 1.48. The van der Waals surface area contributed by atoms with Crippen molar-refractivity contribution < 1.29 is 9.90 Å². The van der Waals surface area contributed by atoms with Crippen LogP contribution in [0.25, 0.3) is 11.1 Å². The minimum atomic E-state index is -0.967. The Hall–Kier alpha value is -3.02. The molecule has 1 saturated carbocycles. The molecule has 0 atom stereocenters. The Morgan fingerprint density at radius 2 is 1.88 bits per heavy atom. The summed E-state index contributed by atoms with van der Waals surface area (Å²) in [7, 11) is 0. The summed E-state index contributed by atoms with van der Waals surface area (Å²) in [6, 6.07) is 9.80. The number of aryl methyl sites for hydroxylation is 2. The number of pyridine rings is 1. The van der Waals surface area contributed by atoms with E-state index >= 15 is 0 Å². The van der Waals surface area contributed by atoms with E-state index < -0.39 is 5.97 Å². The van der Waals surface area contributed by atoms with Gasteiger partial charge in [-0.2, -0.15) is 5.10 Å². The lowest BCUT2D eigenvalue weighted by Crippen LogP contribution is -2.08. The zero-order chi connectivity index (χ0) is 23.0. The Kier molecular flexibility index (Phi) is 7.87. The van der Waals surface area contributed by atoms with Gasteiger partial charge in [-0.15, -0.1) is 0 Å². The Morgan fingerprint density at radius 1 is 1.09 bits per heavy atom. The van der Waals surface area contributed by atoms with Gasteiger partial charge in [-0.1, -0.05) is 69.7 Å². The van der Waals surface area contributed by atoms with Crippen LogP contribution in [0, 0.1) is 5.92 Å². The van der Waals surface area contributed by atoms with E-state index in [1.807, 2.05) is 24.3 Å². The summed E-state index contributed by atoms with van der Waals surface area (Å²) in [5, 5.41) is 14.3. The van der Waals surface area contributed by atoms with Gasteiger partial charge in [-0.3, -0.25) is 4.98 Å². The SMILES string of the molecule is CCCCc1nc(CCC2CCCCC2)nn1Cc1ccc(-c2ccncc2C(=O)O)cc1. The molecule has 0 amide bonds. The Bertz CT molecular complexity index is 1050. The molecular weight excluding hydrogens is 412 g/mol. The molecule has 2 heterocycles. The summed E-state index contributed by atoms with van der Waals surface area (Å²) < 4.78 is 2.07. The number of hydrogen-bond acceptors (Lipinski definition) is 4. The highest BCUT2D eigenvalue weighted by molar-refractivity contribution is 5.95. The van der Waals surface area contributed by atoms with Gasteiger partial charge in [0, 0.05) is 25.2 Å². The first-order valence-corrected chi connectivity index (χ1v) is 12.3. The van der Waals surface area contributed by atoms with E-state index in [2.05, 4.69) is 16.6 Å². The zero-order valence-corrected chi connectivity index (χ0v) is 19.5. The predicted octanol–water partition coefficient (Wildman–Crippen LogP) is 5.94. The van der Waals surface area contributed by atoms with Crippen molar-refractivity contribution >= 4 is 5.97 Å². The molecule has 1 aromatic carbocycles. The van der Waals surface area contributed by atoms with Gasteiger partial charge in [0.1, 0.15) is 5.82 Å². The van der Waals surface area contributed by atoms with Crippen molar-refractivity contribution in [3.05, 3.63) is 65.5 Å². The number of carboxylic acid groups (broad SMARTS) is 1. The van der Waals surface area contributed by atoms with E-state index in [9.17, 15) is 9.90 Å². The molecule has 3 aromatic rings. The van der Waals surface area contributed by atoms with Crippen LogP contribution in [-0.4, -0.2) is 30.8 Å². The summed E-state index contributed by atoms with van der Waals surface area (Å²) >= 11 is 0. The fourth-order valence-electron chi connectivity index (χ4n) is 4.77. The summed E-state index contributed by atoms with van der Waals surface area (Å²) in [5.74, 6) is 1.92. The molecule has 0 radical (unpaired) electrons. The average molecular weight is 447 g/mol. The summed E-state index contributed by atoms with van der Waals surface area (Å²) in [5.41, 5.74) is 2.90. The molecule has 0 spiro atoms. The van der Waals surface area contributed by atoms with Crippen LogP contribution in [0.3, 0.4) is 0 Å². The van der Waals surface area contributed by atoms with Crippen molar-refractivity contribution in [1.82, 2.24) is 19.7 Å². The van der Waals surface area contributed by atoms with Crippen LogP contribution in [0.1, 0.15) is 85.9 Å². The highest BCUT2D eigenvalue weighted by Crippen LogP contribution is 2.27. The quantitative estimate of drug-likeness (QED) is 0.417. The number of aromatic carboxylic acids is 1. The fourth-order valence-corrected chi connectivity index (χ4v) is 4.77. The number of rotatable bonds is 10. The standard InChI is InChI=1S/C27H34N4O2/c1-2-3-9-26-29-25(15-12-20-7-5-4-6-8-20)30-31(26)19-21-10-13-22(14-11-21)23-16-17-28-18-24(23)27(32)33/h10-11,13-14,16-18,20H,2-9,12,15,19H2,1H3,(H,32,33). The normalized spacial score (nSPS) is 14.5. The first kappa shape index (κ1) is 23.1. The molecule has 1 aliphatic carbocycles. The predicted molar refractivity (Wildman–Crippen MR) is 129 cm³/mol. The number of aromatic nitrogens is 4.